The Morgan fingerprint density at radius 2 is 1.53 bits per heavy atom. The first-order valence-electron chi connectivity index (χ1n) is 10.0. The molecule has 0 saturated heterocycles. The lowest BCUT2D eigenvalue weighted by molar-refractivity contribution is -0.136. The molecule has 0 spiro atoms. The van der Waals surface area contributed by atoms with Crippen LogP contribution in [0, 0.1) is 0 Å². The zero-order valence-electron chi connectivity index (χ0n) is 17.8. The number of benzene rings is 2. The third-order valence-corrected chi connectivity index (χ3v) is 6.01. The largest absolute Gasteiger partial charge is 0.369 e. The second-order valence-electron chi connectivity index (χ2n) is 9.13. The van der Waals surface area contributed by atoms with E-state index in [1.165, 1.54) is 5.56 Å². The van der Waals surface area contributed by atoms with Gasteiger partial charge in [0.2, 0.25) is 5.91 Å². The Morgan fingerprint density at radius 3 is 2.13 bits per heavy atom. The smallest absolute Gasteiger partial charge is 0.362 e. The van der Waals surface area contributed by atoms with Crippen molar-refractivity contribution >= 4 is 17.8 Å². The van der Waals surface area contributed by atoms with Crippen LogP contribution in [0.15, 0.2) is 48.5 Å². The van der Waals surface area contributed by atoms with Crippen LogP contribution < -0.4 is 11.2 Å². The molecule has 3 N–H and O–H groups in total. The van der Waals surface area contributed by atoms with Crippen LogP contribution >= 0.6 is 0 Å². The standard InChI is InChI=1S/C24H28N2O4/c1-23(2)12-13-24(3,4)18-14-16(10-11-17(18)23)19(20(25)27)21(28)26-30-22(29)15-8-6-5-7-9-15/h5-11,14,19H,12-13H2,1-4H3,(H2,25,27)(H,26,28). The number of rotatable bonds is 4. The second kappa shape index (κ2) is 7.94. The number of nitrogens with two attached hydrogens (primary N) is 1. The van der Waals surface area contributed by atoms with E-state index in [9.17, 15) is 14.4 Å². The fourth-order valence-electron chi connectivity index (χ4n) is 4.02. The number of amides is 2. The highest BCUT2D eigenvalue weighted by Gasteiger charge is 2.38. The van der Waals surface area contributed by atoms with Crippen LogP contribution in [0.1, 0.15) is 73.5 Å². The van der Waals surface area contributed by atoms with Crippen molar-refractivity contribution in [2.75, 3.05) is 0 Å². The summed E-state index contributed by atoms with van der Waals surface area (Å²) in [6, 6.07) is 13.9. The van der Waals surface area contributed by atoms with Gasteiger partial charge in [0.15, 0.2) is 0 Å². The van der Waals surface area contributed by atoms with Crippen molar-refractivity contribution in [1.82, 2.24) is 5.48 Å². The highest BCUT2D eigenvalue weighted by molar-refractivity contribution is 6.05. The van der Waals surface area contributed by atoms with E-state index in [4.69, 9.17) is 10.6 Å². The lowest BCUT2D eigenvalue weighted by atomic mass is 9.62. The highest BCUT2D eigenvalue weighted by atomic mass is 16.7. The van der Waals surface area contributed by atoms with E-state index in [0.29, 0.717) is 5.56 Å². The normalized spacial score (nSPS) is 17.3. The molecule has 0 radical (unpaired) electrons. The zero-order chi connectivity index (χ0) is 22.1. The number of hydrogen-bond donors (Lipinski definition) is 2. The molecule has 0 aliphatic heterocycles. The van der Waals surface area contributed by atoms with Crippen molar-refractivity contribution in [2.45, 2.75) is 57.3 Å². The van der Waals surface area contributed by atoms with Gasteiger partial charge in [-0.1, -0.05) is 64.1 Å². The minimum absolute atomic E-state index is 0.0130. The molecular weight excluding hydrogens is 380 g/mol. The SMILES string of the molecule is CC1(C)CCC(C)(C)c2cc(C(C(N)=O)C(=O)NOC(=O)c3ccccc3)ccc21. The number of nitrogens with one attached hydrogen (secondary N) is 1. The van der Waals surface area contributed by atoms with Crippen molar-refractivity contribution in [1.29, 1.82) is 0 Å². The van der Waals surface area contributed by atoms with Gasteiger partial charge in [-0.3, -0.25) is 9.59 Å². The van der Waals surface area contributed by atoms with E-state index in [2.05, 4.69) is 33.2 Å². The first kappa shape index (κ1) is 21.6. The number of hydrogen-bond acceptors (Lipinski definition) is 4. The Bertz CT molecular complexity index is 980. The number of carbonyl (C=O) groups is 3. The van der Waals surface area contributed by atoms with E-state index < -0.39 is 23.7 Å². The summed E-state index contributed by atoms with van der Waals surface area (Å²) in [6.07, 6.45) is 2.06. The molecule has 0 saturated carbocycles. The molecule has 2 aromatic carbocycles. The molecule has 0 bridgehead atoms. The van der Waals surface area contributed by atoms with Gasteiger partial charge in [0.25, 0.3) is 5.91 Å². The highest BCUT2D eigenvalue weighted by Crippen LogP contribution is 2.46. The summed E-state index contributed by atoms with van der Waals surface area (Å²) in [5, 5.41) is 0. The molecule has 0 heterocycles. The summed E-state index contributed by atoms with van der Waals surface area (Å²) >= 11 is 0. The number of carbonyl (C=O) groups excluding carboxylic acids is 3. The lowest BCUT2D eigenvalue weighted by Crippen LogP contribution is -2.39. The fraction of sp³-hybridized carbons (Fsp3) is 0.375. The summed E-state index contributed by atoms with van der Waals surface area (Å²) in [6.45, 7) is 8.71. The molecule has 3 rings (SSSR count). The summed E-state index contributed by atoms with van der Waals surface area (Å²) in [4.78, 5) is 41.8. The van der Waals surface area contributed by atoms with Crippen LogP contribution in [-0.2, 0) is 25.3 Å². The first-order chi connectivity index (χ1) is 14.0. The molecule has 1 aliphatic rings. The molecule has 1 aliphatic carbocycles. The van der Waals surface area contributed by atoms with Gasteiger partial charge in [-0.15, -0.1) is 0 Å². The molecule has 30 heavy (non-hydrogen) atoms. The maximum absolute atomic E-state index is 12.7. The molecule has 158 valence electrons. The molecule has 0 fully saturated rings. The molecule has 6 nitrogen and oxygen atoms in total. The number of hydroxylamine groups is 1. The Kier molecular flexibility index (Phi) is 5.70. The second-order valence-corrected chi connectivity index (χ2v) is 9.13. The van der Waals surface area contributed by atoms with Crippen molar-refractivity contribution in [2.24, 2.45) is 5.73 Å². The molecule has 2 aromatic rings. The minimum Gasteiger partial charge on any atom is -0.369 e. The average Bonchev–Trinajstić information content (AvgIpc) is 2.70. The van der Waals surface area contributed by atoms with Gasteiger partial charge in [0, 0.05) is 0 Å². The molecule has 6 heteroatoms. The Morgan fingerprint density at radius 1 is 0.933 bits per heavy atom. The van der Waals surface area contributed by atoms with Gasteiger partial charge in [-0.2, -0.15) is 5.48 Å². The molecular formula is C24H28N2O4. The third kappa shape index (κ3) is 4.22. The summed E-state index contributed by atoms with van der Waals surface area (Å²) in [7, 11) is 0. The van der Waals surface area contributed by atoms with Gasteiger partial charge in [-0.25, -0.2) is 4.79 Å². The summed E-state index contributed by atoms with van der Waals surface area (Å²) in [5.41, 5.74) is 10.6. The number of primary amides is 1. The van der Waals surface area contributed by atoms with E-state index in [1.807, 2.05) is 12.1 Å². The van der Waals surface area contributed by atoms with Crippen LogP contribution in [0.3, 0.4) is 0 Å². The zero-order valence-corrected chi connectivity index (χ0v) is 17.8. The first-order valence-corrected chi connectivity index (χ1v) is 10.0. The maximum Gasteiger partial charge on any atom is 0.362 e. The Labute approximate surface area is 176 Å². The summed E-state index contributed by atoms with van der Waals surface area (Å²) in [5.74, 6) is -3.57. The molecule has 1 unspecified atom stereocenters. The molecule has 0 aromatic heterocycles. The average molecular weight is 408 g/mol. The fourth-order valence-corrected chi connectivity index (χ4v) is 4.02. The van der Waals surface area contributed by atoms with E-state index in [-0.39, 0.29) is 16.4 Å². The predicted molar refractivity (Wildman–Crippen MR) is 114 cm³/mol. The quantitative estimate of drug-likeness (QED) is 0.598. The van der Waals surface area contributed by atoms with Gasteiger partial charge in [0.05, 0.1) is 5.56 Å². The topological polar surface area (TPSA) is 98.5 Å². The monoisotopic (exact) mass is 408 g/mol. The van der Waals surface area contributed by atoms with E-state index in [0.717, 1.165) is 18.4 Å². The molecule has 2 amide bonds. The van der Waals surface area contributed by atoms with Gasteiger partial charge in [0.1, 0.15) is 5.92 Å². The van der Waals surface area contributed by atoms with Crippen LogP contribution in [0.2, 0.25) is 0 Å². The van der Waals surface area contributed by atoms with Crippen LogP contribution in [-0.4, -0.2) is 17.8 Å². The summed E-state index contributed by atoms with van der Waals surface area (Å²) < 4.78 is 0. The lowest BCUT2D eigenvalue weighted by Gasteiger charge is -2.42. The van der Waals surface area contributed by atoms with Crippen molar-refractivity contribution in [3.05, 3.63) is 70.8 Å². The third-order valence-electron chi connectivity index (χ3n) is 6.01. The van der Waals surface area contributed by atoms with Crippen molar-refractivity contribution in [3.8, 4) is 0 Å². The van der Waals surface area contributed by atoms with Crippen molar-refractivity contribution in [3.63, 3.8) is 0 Å². The Hall–Kier alpha value is -3.15. The van der Waals surface area contributed by atoms with Gasteiger partial charge in [-0.05, 0) is 52.5 Å². The van der Waals surface area contributed by atoms with Crippen LogP contribution in [0.5, 0.6) is 0 Å². The van der Waals surface area contributed by atoms with Gasteiger partial charge >= 0.3 is 5.97 Å². The minimum atomic E-state index is -1.26. The van der Waals surface area contributed by atoms with Crippen LogP contribution in [0.25, 0.3) is 0 Å². The van der Waals surface area contributed by atoms with E-state index >= 15 is 0 Å². The van der Waals surface area contributed by atoms with Crippen molar-refractivity contribution < 1.29 is 19.2 Å². The number of fused-ring (bicyclic) bond motifs is 1. The van der Waals surface area contributed by atoms with E-state index in [1.54, 1.807) is 36.4 Å². The molecule has 1 atom stereocenters. The van der Waals surface area contributed by atoms with Gasteiger partial charge < -0.3 is 10.6 Å². The van der Waals surface area contributed by atoms with Crippen LogP contribution in [0.4, 0.5) is 0 Å². The predicted octanol–water partition coefficient (Wildman–Crippen LogP) is 3.49. The maximum atomic E-state index is 12.7. The Balaban J connectivity index is 1.85.